The zero-order valence-electron chi connectivity index (χ0n) is 14.8. The highest BCUT2D eigenvalue weighted by atomic mass is 79.9. The van der Waals surface area contributed by atoms with Gasteiger partial charge in [-0.2, -0.15) is 13.2 Å². The van der Waals surface area contributed by atoms with Crippen LogP contribution in [0.4, 0.5) is 23.2 Å². The summed E-state index contributed by atoms with van der Waals surface area (Å²) in [6.07, 6.45) is -4.61. The van der Waals surface area contributed by atoms with E-state index in [0.717, 1.165) is 17.8 Å². The van der Waals surface area contributed by atoms with Crippen LogP contribution in [0.2, 0.25) is 0 Å². The predicted molar refractivity (Wildman–Crippen MR) is 105 cm³/mol. The van der Waals surface area contributed by atoms with Gasteiger partial charge in [-0.1, -0.05) is 27.7 Å². The quantitative estimate of drug-likeness (QED) is 0.394. The Morgan fingerprint density at radius 3 is 2.52 bits per heavy atom. The number of anilines is 1. The first-order chi connectivity index (χ1) is 13.6. The Hall–Kier alpha value is -2.40. The van der Waals surface area contributed by atoms with Gasteiger partial charge in [-0.05, 0) is 49.4 Å². The fourth-order valence-electron chi connectivity index (χ4n) is 2.50. The average molecular weight is 489 g/mol. The summed E-state index contributed by atoms with van der Waals surface area (Å²) in [6.45, 7) is 1.69. The number of rotatable bonds is 5. The zero-order chi connectivity index (χ0) is 21.2. The summed E-state index contributed by atoms with van der Waals surface area (Å²) in [6, 6.07) is 9.12. The molecule has 1 amide bonds. The van der Waals surface area contributed by atoms with Crippen molar-refractivity contribution in [3.05, 3.63) is 64.1 Å². The number of carbonyl (C=O) groups excluding carboxylic acids is 1. The molecule has 0 radical (unpaired) electrons. The molecule has 29 heavy (non-hydrogen) atoms. The number of amides is 1. The molecule has 0 saturated heterocycles. The monoisotopic (exact) mass is 488 g/mol. The van der Waals surface area contributed by atoms with Crippen molar-refractivity contribution in [2.24, 2.45) is 0 Å². The topological polar surface area (TPSA) is 59.8 Å². The summed E-state index contributed by atoms with van der Waals surface area (Å²) in [5, 5.41) is 10.6. The number of aromatic nitrogens is 3. The lowest BCUT2D eigenvalue weighted by Crippen LogP contribution is -2.18. The highest BCUT2D eigenvalue weighted by molar-refractivity contribution is 9.10. The van der Waals surface area contributed by atoms with Gasteiger partial charge in [-0.15, -0.1) is 10.2 Å². The molecule has 152 valence electrons. The minimum Gasteiger partial charge on any atom is -0.325 e. The molecule has 2 aromatic carbocycles. The molecule has 0 saturated carbocycles. The first-order valence-electron chi connectivity index (χ1n) is 8.12. The van der Waals surface area contributed by atoms with Gasteiger partial charge in [0.05, 0.1) is 17.0 Å². The summed E-state index contributed by atoms with van der Waals surface area (Å²) in [7, 11) is 0. The molecule has 0 atom stereocenters. The van der Waals surface area contributed by atoms with Gasteiger partial charge in [-0.3, -0.25) is 9.36 Å². The Labute approximate surface area is 175 Å². The Balaban J connectivity index is 1.74. The average Bonchev–Trinajstić information content (AvgIpc) is 3.02. The number of alkyl halides is 3. The van der Waals surface area contributed by atoms with Gasteiger partial charge >= 0.3 is 6.18 Å². The molecule has 0 bridgehead atoms. The summed E-state index contributed by atoms with van der Waals surface area (Å²) in [4.78, 5) is 12.2. The highest BCUT2D eigenvalue weighted by Gasteiger charge is 2.34. The van der Waals surface area contributed by atoms with E-state index in [1.165, 1.54) is 36.4 Å². The van der Waals surface area contributed by atoms with Crippen molar-refractivity contribution in [2.45, 2.75) is 18.3 Å². The third kappa shape index (κ3) is 5.15. The molecule has 0 spiro atoms. The van der Waals surface area contributed by atoms with Crippen LogP contribution in [0.3, 0.4) is 0 Å². The smallest absolute Gasteiger partial charge is 0.325 e. The number of aryl methyl sites for hydroxylation is 1. The van der Waals surface area contributed by atoms with Gasteiger partial charge < -0.3 is 5.32 Å². The minimum absolute atomic E-state index is 0.188. The molecule has 5 nitrogen and oxygen atoms in total. The van der Waals surface area contributed by atoms with Crippen LogP contribution in [-0.4, -0.2) is 26.4 Å². The number of hydrogen-bond donors (Lipinski definition) is 1. The normalized spacial score (nSPS) is 11.5. The lowest BCUT2D eigenvalue weighted by molar-refractivity contribution is -0.137. The predicted octanol–water partition coefficient (Wildman–Crippen LogP) is 5.23. The fourth-order valence-corrected chi connectivity index (χ4v) is 3.66. The summed E-state index contributed by atoms with van der Waals surface area (Å²) < 4.78 is 54.6. The van der Waals surface area contributed by atoms with Gasteiger partial charge in [0, 0.05) is 10.2 Å². The lowest BCUT2D eigenvalue weighted by Gasteiger charge is -2.14. The number of halogens is 5. The third-order valence-electron chi connectivity index (χ3n) is 3.77. The molecule has 0 aliphatic heterocycles. The largest absolute Gasteiger partial charge is 0.418 e. The van der Waals surface area contributed by atoms with Crippen molar-refractivity contribution in [1.82, 2.24) is 14.8 Å². The highest BCUT2D eigenvalue weighted by Crippen LogP contribution is 2.36. The van der Waals surface area contributed by atoms with E-state index >= 15 is 0 Å². The SMILES string of the molecule is Cc1nnc(SCC(=O)Nc2ccc(Br)cc2C(F)(F)F)n1-c1ccc(F)cc1. The van der Waals surface area contributed by atoms with Crippen molar-refractivity contribution in [3.63, 3.8) is 0 Å². The van der Waals surface area contributed by atoms with Gasteiger partial charge in [-0.25, -0.2) is 4.39 Å². The molecule has 11 heteroatoms. The molecule has 1 heterocycles. The van der Waals surface area contributed by atoms with E-state index in [0.29, 0.717) is 16.7 Å². The molecule has 0 aliphatic carbocycles. The molecular formula is C18H13BrF4N4OS. The molecular weight excluding hydrogens is 476 g/mol. The Kier molecular flexibility index (Phi) is 6.27. The van der Waals surface area contributed by atoms with Gasteiger partial charge in [0.25, 0.3) is 0 Å². The number of thioether (sulfide) groups is 1. The molecule has 3 aromatic rings. The standard InChI is InChI=1S/C18H13BrF4N4OS/c1-10-25-26-17(27(10)13-5-3-12(20)4-6-13)29-9-16(28)24-15-7-2-11(19)8-14(15)18(21,22)23/h2-8H,9H2,1H3,(H,24,28). The molecule has 3 rings (SSSR count). The number of benzene rings is 2. The molecule has 1 aromatic heterocycles. The fraction of sp³-hybridized carbons (Fsp3) is 0.167. The lowest BCUT2D eigenvalue weighted by atomic mass is 10.1. The van der Waals surface area contributed by atoms with E-state index in [1.54, 1.807) is 11.5 Å². The van der Waals surface area contributed by atoms with Crippen LogP contribution >= 0.6 is 27.7 Å². The van der Waals surface area contributed by atoms with Gasteiger partial charge in [0.2, 0.25) is 5.91 Å². The van der Waals surface area contributed by atoms with Crippen LogP contribution in [0.15, 0.2) is 52.1 Å². The maximum atomic E-state index is 13.2. The van der Waals surface area contributed by atoms with Crippen LogP contribution in [0, 0.1) is 12.7 Å². The molecule has 0 fully saturated rings. The summed E-state index contributed by atoms with van der Waals surface area (Å²) in [5.74, 6) is -0.698. The maximum absolute atomic E-state index is 13.2. The van der Waals surface area contributed by atoms with Crippen LogP contribution in [0.25, 0.3) is 5.69 Å². The van der Waals surface area contributed by atoms with Crippen LogP contribution in [0.5, 0.6) is 0 Å². The van der Waals surface area contributed by atoms with Gasteiger partial charge in [0.15, 0.2) is 5.16 Å². The van der Waals surface area contributed by atoms with Crippen LogP contribution in [0.1, 0.15) is 11.4 Å². The molecule has 0 aliphatic rings. The summed E-state index contributed by atoms with van der Waals surface area (Å²) in [5.41, 5.74) is -0.679. The Morgan fingerprint density at radius 2 is 1.86 bits per heavy atom. The van der Waals surface area contributed by atoms with E-state index in [9.17, 15) is 22.4 Å². The number of hydrogen-bond acceptors (Lipinski definition) is 4. The number of carbonyl (C=O) groups is 1. The second-order valence-corrected chi connectivity index (χ2v) is 7.72. The zero-order valence-corrected chi connectivity index (χ0v) is 17.2. The number of nitrogens with zero attached hydrogens (tertiary/aromatic N) is 3. The number of nitrogens with one attached hydrogen (secondary N) is 1. The summed E-state index contributed by atoms with van der Waals surface area (Å²) >= 11 is 4.00. The molecule has 1 N–H and O–H groups in total. The van der Waals surface area contributed by atoms with E-state index in [2.05, 4.69) is 31.4 Å². The second-order valence-electron chi connectivity index (χ2n) is 5.87. The van der Waals surface area contributed by atoms with Crippen molar-refractivity contribution >= 4 is 39.3 Å². The van der Waals surface area contributed by atoms with E-state index in [4.69, 9.17) is 0 Å². The minimum atomic E-state index is -4.61. The van der Waals surface area contributed by atoms with Crippen molar-refractivity contribution < 1.29 is 22.4 Å². The van der Waals surface area contributed by atoms with Crippen LogP contribution < -0.4 is 5.32 Å². The molecule has 0 unspecified atom stereocenters. The van der Waals surface area contributed by atoms with E-state index in [1.807, 2.05) is 0 Å². The third-order valence-corrected chi connectivity index (χ3v) is 5.20. The maximum Gasteiger partial charge on any atom is 0.418 e. The van der Waals surface area contributed by atoms with Crippen molar-refractivity contribution in [2.75, 3.05) is 11.1 Å². The Bertz CT molecular complexity index is 1040. The first-order valence-corrected chi connectivity index (χ1v) is 9.90. The second kappa shape index (κ2) is 8.54. The van der Waals surface area contributed by atoms with E-state index in [-0.39, 0.29) is 15.9 Å². The van der Waals surface area contributed by atoms with Crippen molar-refractivity contribution in [3.8, 4) is 5.69 Å². The van der Waals surface area contributed by atoms with Crippen LogP contribution in [-0.2, 0) is 11.0 Å². The first kappa shape index (κ1) is 21.3. The van der Waals surface area contributed by atoms with E-state index < -0.39 is 23.5 Å². The Morgan fingerprint density at radius 1 is 1.17 bits per heavy atom. The van der Waals surface area contributed by atoms with Crippen molar-refractivity contribution in [1.29, 1.82) is 0 Å². The van der Waals surface area contributed by atoms with Gasteiger partial charge in [0.1, 0.15) is 11.6 Å².